The Bertz CT molecular complexity index is 2230. The molecule has 1 atom stereocenters. The molecule has 7 aromatic carbocycles. The quantitative estimate of drug-likeness (QED) is 0.186. The molecule has 0 bridgehead atoms. The van der Waals surface area contributed by atoms with E-state index >= 15 is 4.57 Å². The van der Waals surface area contributed by atoms with Gasteiger partial charge in [0.2, 0.25) is 0 Å². The van der Waals surface area contributed by atoms with E-state index in [9.17, 15) is 0 Å². The van der Waals surface area contributed by atoms with E-state index in [2.05, 4.69) is 140 Å². The fourth-order valence-corrected chi connectivity index (χ4v) is 10.9. The highest BCUT2D eigenvalue weighted by Crippen LogP contribution is 2.60. The van der Waals surface area contributed by atoms with Gasteiger partial charge in [0.1, 0.15) is 0 Å². The molecular formula is C43H29OP. The average molecular weight is 593 g/mol. The van der Waals surface area contributed by atoms with E-state index in [1.54, 1.807) is 0 Å². The lowest BCUT2D eigenvalue weighted by atomic mass is 9.67. The van der Waals surface area contributed by atoms with Crippen molar-refractivity contribution in [2.75, 3.05) is 0 Å². The zero-order valence-electron chi connectivity index (χ0n) is 24.6. The summed E-state index contributed by atoms with van der Waals surface area (Å²) in [4.78, 5) is 0. The maximum atomic E-state index is 15.5. The van der Waals surface area contributed by atoms with Gasteiger partial charge in [0.25, 0.3) is 0 Å². The largest absolute Gasteiger partial charge is 0.309 e. The van der Waals surface area contributed by atoms with Crippen molar-refractivity contribution in [3.63, 3.8) is 0 Å². The van der Waals surface area contributed by atoms with Crippen molar-refractivity contribution in [2.24, 2.45) is 0 Å². The Hall–Kier alpha value is -5.23. The van der Waals surface area contributed by atoms with Crippen molar-refractivity contribution < 1.29 is 4.57 Å². The highest BCUT2D eigenvalue weighted by atomic mass is 31.2. The second kappa shape index (κ2) is 9.89. The molecular weight excluding hydrogens is 563 g/mol. The molecule has 0 N–H and O–H groups in total. The van der Waals surface area contributed by atoms with Gasteiger partial charge >= 0.3 is 0 Å². The van der Waals surface area contributed by atoms with E-state index in [4.69, 9.17) is 0 Å². The number of benzene rings is 7. The molecule has 7 aromatic rings. The molecule has 45 heavy (non-hydrogen) atoms. The summed E-state index contributed by atoms with van der Waals surface area (Å²) >= 11 is 0. The Balaban J connectivity index is 1.42. The van der Waals surface area contributed by atoms with Crippen LogP contribution >= 0.6 is 7.14 Å². The molecule has 0 saturated carbocycles. The van der Waals surface area contributed by atoms with Crippen LogP contribution in [0.25, 0.3) is 33.4 Å². The summed E-state index contributed by atoms with van der Waals surface area (Å²) in [6, 6.07) is 62.3. The van der Waals surface area contributed by atoms with Gasteiger partial charge in [-0.3, -0.25) is 0 Å². The minimum absolute atomic E-state index is 0.554. The standard InChI is InChI=1S/C43H29OP/c44-45(34-21-11-4-12-22-34)41-24-14-13-23-36(41)38-28-40-37(29-42(38)45)35-26-25-31(30-15-5-1-6-16-30)27-39(35)43(40,32-17-7-2-8-18-32)33-19-9-3-10-20-33/h1-29H. The fraction of sp³-hybridized carbons (Fsp3) is 0.0233. The SMILES string of the molecule is O=P1(c2ccccc2)c2ccccc2-c2cc3c(cc21)-c1ccc(-c2ccccc2)cc1C3(c1ccccc1)c1ccccc1. The first-order chi connectivity index (χ1) is 22.2. The first kappa shape index (κ1) is 26.2. The molecule has 1 aliphatic heterocycles. The van der Waals surface area contributed by atoms with Crippen LogP contribution in [0, 0.1) is 0 Å². The van der Waals surface area contributed by atoms with Crippen molar-refractivity contribution in [1.29, 1.82) is 0 Å². The van der Waals surface area contributed by atoms with E-state index in [-0.39, 0.29) is 0 Å². The lowest BCUT2D eigenvalue weighted by Crippen LogP contribution is -2.29. The van der Waals surface area contributed by atoms with Gasteiger partial charge in [0.05, 0.1) is 5.41 Å². The average Bonchev–Trinajstić information content (AvgIpc) is 3.55. The molecule has 0 fully saturated rings. The Kier molecular flexibility index (Phi) is 5.76. The summed E-state index contributed by atoms with van der Waals surface area (Å²) in [6.07, 6.45) is 0. The molecule has 2 aliphatic rings. The monoisotopic (exact) mass is 592 g/mol. The summed E-state index contributed by atoms with van der Waals surface area (Å²) in [5.74, 6) is 0. The molecule has 1 unspecified atom stereocenters. The number of fused-ring (bicyclic) bond motifs is 6. The van der Waals surface area contributed by atoms with Crippen LogP contribution < -0.4 is 15.9 Å². The normalized spacial score (nSPS) is 16.8. The van der Waals surface area contributed by atoms with Crippen LogP contribution in [0.4, 0.5) is 0 Å². The summed E-state index contributed by atoms with van der Waals surface area (Å²) in [5, 5.41) is 2.74. The molecule has 0 saturated heterocycles. The molecule has 212 valence electrons. The van der Waals surface area contributed by atoms with Gasteiger partial charge in [-0.25, -0.2) is 0 Å². The lowest BCUT2D eigenvalue weighted by molar-refractivity contribution is 0.593. The van der Waals surface area contributed by atoms with Crippen molar-refractivity contribution in [3.05, 3.63) is 198 Å². The molecule has 9 rings (SSSR count). The predicted octanol–water partition coefficient (Wildman–Crippen LogP) is 9.34. The van der Waals surface area contributed by atoms with Crippen LogP contribution in [0.2, 0.25) is 0 Å². The highest BCUT2D eigenvalue weighted by Gasteiger charge is 2.49. The van der Waals surface area contributed by atoms with Gasteiger partial charge < -0.3 is 4.57 Å². The number of rotatable bonds is 4. The zero-order chi connectivity index (χ0) is 30.0. The van der Waals surface area contributed by atoms with E-state index in [0.29, 0.717) is 0 Å². The molecule has 1 nitrogen and oxygen atoms in total. The maximum absolute atomic E-state index is 15.5. The summed E-state index contributed by atoms with van der Waals surface area (Å²) in [7, 11) is -3.09. The molecule has 0 radical (unpaired) electrons. The van der Waals surface area contributed by atoms with Gasteiger partial charge in [-0.1, -0.05) is 158 Å². The third-order valence-electron chi connectivity index (χ3n) is 9.77. The minimum Gasteiger partial charge on any atom is -0.309 e. The Labute approximate surface area is 263 Å². The van der Waals surface area contributed by atoms with Crippen LogP contribution in [-0.2, 0) is 9.98 Å². The van der Waals surface area contributed by atoms with E-state index < -0.39 is 12.6 Å². The first-order valence-electron chi connectivity index (χ1n) is 15.5. The van der Waals surface area contributed by atoms with Crippen molar-refractivity contribution >= 4 is 23.1 Å². The molecule has 0 amide bonds. The van der Waals surface area contributed by atoms with Gasteiger partial charge in [-0.15, -0.1) is 0 Å². The Morgan fingerprint density at radius 2 is 0.933 bits per heavy atom. The molecule has 0 spiro atoms. The minimum atomic E-state index is -3.09. The second-order valence-electron chi connectivity index (χ2n) is 12.0. The molecule has 0 aromatic heterocycles. The van der Waals surface area contributed by atoms with Crippen LogP contribution in [0.3, 0.4) is 0 Å². The number of hydrogen-bond donors (Lipinski definition) is 0. The zero-order valence-corrected chi connectivity index (χ0v) is 25.5. The number of hydrogen-bond acceptors (Lipinski definition) is 1. The van der Waals surface area contributed by atoms with Gasteiger partial charge in [0, 0.05) is 15.9 Å². The lowest BCUT2D eigenvalue weighted by Gasteiger charge is -2.34. The van der Waals surface area contributed by atoms with Crippen molar-refractivity contribution in [3.8, 4) is 33.4 Å². The molecule has 1 heterocycles. The van der Waals surface area contributed by atoms with E-state index in [1.807, 2.05) is 36.4 Å². The third-order valence-corrected chi connectivity index (χ3v) is 12.9. The van der Waals surface area contributed by atoms with Gasteiger partial charge in [-0.05, 0) is 73.8 Å². The summed E-state index contributed by atoms with van der Waals surface area (Å²) in [5.41, 5.74) is 11.2. The van der Waals surface area contributed by atoms with Crippen LogP contribution in [0.15, 0.2) is 176 Å². The van der Waals surface area contributed by atoms with Crippen LogP contribution in [0.1, 0.15) is 22.3 Å². The summed E-state index contributed by atoms with van der Waals surface area (Å²) < 4.78 is 15.5. The Morgan fingerprint density at radius 1 is 0.378 bits per heavy atom. The maximum Gasteiger partial charge on any atom is 0.172 e. The second-order valence-corrected chi connectivity index (χ2v) is 14.7. The summed E-state index contributed by atoms with van der Waals surface area (Å²) in [6.45, 7) is 0. The molecule has 1 aliphatic carbocycles. The third kappa shape index (κ3) is 3.59. The predicted molar refractivity (Wildman–Crippen MR) is 188 cm³/mol. The van der Waals surface area contributed by atoms with Gasteiger partial charge in [-0.2, -0.15) is 0 Å². The first-order valence-corrected chi connectivity index (χ1v) is 17.2. The topological polar surface area (TPSA) is 17.1 Å². The van der Waals surface area contributed by atoms with Crippen molar-refractivity contribution in [2.45, 2.75) is 5.41 Å². The highest BCUT2D eigenvalue weighted by molar-refractivity contribution is 7.86. The van der Waals surface area contributed by atoms with E-state index in [0.717, 1.165) is 32.6 Å². The molecule has 2 heteroatoms. The van der Waals surface area contributed by atoms with E-state index in [1.165, 1.54) is 38.9 Å². The Morgan fingerprint density at radius 3 is 1.60 bits per heavy atom. The van der Waals surface area contributed by atoms with Gasteiger partial charge in [0.15, 0.2) is 7.14 Å². The smallest absolute Gasteiger partial charge is 0.172 e. The fourth-order valence-electron chi connectivity index (χ4n) is 7.83. The van der Waals surface area contributed by atoms with Crippen molar-refractivity contribution in [1.82, 2.24) is 0 Å². The van der Waals surface area contributed by atoms with Crippen LogP contribution in [0.5, 0.6) is 0 Å². The van der Waals surface area contributed by atoms with Crippen LogP contribution in [-0.4, -0.2) is 0 Å².